The lowest BCUT2D eigenvalue weighted by Crippen LogP contribution is -2.38. The Morgan fingerprint density at radius 1 is 1.25 bits per heavy atom. The fourth-order valence-electron chi connectivity index (χ4n) is 4.12. The molecule has 0 bridgehead atoms. The minimum absolute atomic E-state index is 0.0150. The van der Waals surface area contributed by atoms with E-state index in [2.05, 4.69) is 10.8 Å². The lowest BCUT2D eigenvalue weighted by atomic mass is 9.80. The second kappa shape index (κ2) is 7.46. The summed E-state index contributed by atoms with van der Waals surface area (Å²) in [7, 11) is 1.98. The van der Waals surface area contributed by atoms with E-state index in [-0.39, 0.29) is 23.7 Å². The van der Waals surface area contributed by atoms with Crippen LogP contribution in [0.15, 0.2) is 12.1 Å². The Hall–Kier alpha value is -1.70. The number of ether oxygens (including phenoxy) is 1. The smallest absolute Gasteiger partial charge is 0.161 e. The van der Waals surface area contributed by atoms with Gasteiger partial charge in [0.2, 0.25) is 0 Å². The van der Waals surface area contributed by atoms with E-state index in [1.165, 1.54) is 32.1 Å². The highest BCUT2D eigenvalue weighted by Gasteiger charge is 2.35. The summed E-state index contributed by atoms with van der Waals surface area (Å²) in [5, 5.41) is 20.3. The molecule has 1 saturated carbocycles. The van der Waals surface area contributed by atoms with Crippen molar-refractivity contribution >= 4 is 0 Å². The quantitative estimate of drug-likeness (QED) is 0.658. The number of hydrogen-bond acceptors (Lipinski definition) is 4. The molecule has 0 aromatic heterocycles. The molecule has 4 heteroatoms. The Bertz CT molecular complexity index is 616. The largest absolute Gasteiger partial charge is 0.504 e. The van der Waals surface area contributed by atoms with E-state index in [9.17, 15) is 10.2 Å². The van der Waals surface area contributed by atoms with Crippen molar-refractivity contribution in [3.8, 4) is 23.8 Å². The van der Waals surface area contributed by atoms with Gasteiger partial charge in [0, 0.05) is 18.5 Å². The summed E-state index contributed by atoms with van der Waals surface area (Å²) < 4.78 is 6.46. The fourth-order valence-corrected chi connectivity index (χ4v) is 4.12. The monoisotopic (exact) mass is 329 g/mol. The predicted molar refractivity (Wildman–Crippen MR) is 94.0 cm³/mol. The van der Waals surface area contributed by atoms with Crippen molar-refractivity contribution < 1.29 is 14.9 Å². The lowest BCUT2D eigenvalue weighted by molar-refractivity contribution is -0.0720. The van der Waals surface area contributed by atoms with Crippen LogP contribution in [-0.2, 0) is 11.2 Å². The number of hydrogen-bond donors (Lipinski definition) is 2. The number of fused-ring (bicyclic) bond motifs is 1. The van der Waals surface area contributed by atoms with Gasteiger partial charge in [-0.2, -0.15) is 0 Å². The molecule has 1 aromatic rings. The van der Waals surface area contributed by atoms with Gasteiger partial charge in [0.05, 0.1) is 18.8 Å². The highest BCUT2D eigenvalue weighted by molar-refractivity contribution is 5.51. The van der Waals surface area contributed by atoms with Gasteiger partial charge in [0.15, 0.2) is 11.5 Å². The molecule has 4 nitrogen and oxygen atoms in total. The molecule has 1 aromatic carbocycles. The topological polar surface area (TPSA) is 52.9 Å². The summed E-state index contributed by atoms with van der Waals surface area (Å²) in [5.41, 5.74) is 1.82. The molecule has 0 radical (unpaired) electrons. The van der Waals surface area contributed by atoms with Gasteiger partial charge in [-0.25, -0.2) is 0 Å². The summed E-state index contributed by atoms with van der Waals surface area (Å²) in [6, 6.07) is 3.42. The molecule has 2 atom stereocenters. The first-order valence-electron chi connectivity index (χ1n) is 8.91. The molecule has 1 aliphatic heterocycles. The van der Waals surface area contributed by atoms with Crippen LogP contribution < -0.4 is 0 Å². The van der Waals surface area contributed by atoms with Gasteiger partial charge < -0.3 is 14.9 Å². The maximum atomic E-state index is 10.4. The van der Waals surface area contributed by atoms with Crippen LogP contribution >= 0.6 is 0 Å². The van der Waals surface area contributed by atoms with Crippen LogP contribution in [0.25, 0.3) is 0 Å². The van der Waals surface area contributed by atoms with Crippen LogP contribution in [-0.4, -0.2) is 41.4 Å². The Morgan fingerprint density at radius 2 is 2.00 bits per heavy atom. The van der Waals surface area contributed by atoms with Crippen molar-refractivity contribution in [2.75, 3.05) is 20.1 Å². The van der Waals surface area contributed by atoms with Gasteiger partial charge in [-0.15, -0.1) is 6.42 Å². The summed E-state index contributed by atoms with van der Waals surface area (Å²) in [5.74, 6) is 3.16. The molecule has 0 unspecified atom stereocenters. The first-order valence-corrected chi connectivity index (χ1v) is 8.91. The third-order valence-electron chi connectivity index (χ3n) is 5.40. The molecule has 0 amide bonds. The summed E-state index contributed by atoms with van der Waals surface area (Å²) in [6.07, 6.45) is 12.3. The molecule has 1 aliphatic carbocycles. The Balaban J connectivity index is 1.87. The number of benzene rings is 1. The number of terminal acetylenes is 1. The van der Waals surface area contributed by atoms with Crippen LogP contribution in [0.5, 0.6) is 11.5 Å². The SMILES string of the molecule is C#CCN(C)C[C@@H]1O[C@H](C2CCCCC2)Cc2c1ccc(O)c2O. The Labute approximate surface area is 144 Å². The molecule has 2 N–H and O–H groups in total. The average molecular weight is 329 g/mol. The number of nitrogens with zero attached hydrogens (tertiary/aromatic N) is 1. The van der Waals surface area contributed by atoms with E-state index >= 15 is 0 Å². The highest BCUT2D eigenvalue weighted by atomic mass is 16.5. The maximum absolute atomic E-state index is 10.4. The highest BCUT2D eigenvalue weighted by Crippen LogP contribution is 2.43. The lowest BCUT2D eigenvalue weighted by Gasteiger charge is -2.39. The predicted octanol–water partition coefficient (Wildman–Crippen LogP) is 3.23. The van der Waals surface area contributed by atoms with E-state index in [1.54, 1.807) is 6.07 Å². The zero-order valence-electron chi connectivity index (χ0n) is 14.4. The van der Waals surface area contributed by atoms with E-state index < -0.39 is 0 Å². The van der Waals surface area contributed by atoms with Gasteiger partial charge in [0.25, 0.3) is 0 Å². The average Bonchev–Trinajstić information content (AvgIpc) is 2.59. The molecule has 3 rings (SSSR count). The third kappa shape index (κ3) is 3.53. The summed E-state index contributed by atoms with van der Waals surface area (Å²) in [4.78, 5) is 2.06. The second-order valence-electron chi connectivity index (χ2n) is 7.17. The molecule has 24 heavy (non-hydrogen) atoms. The first kappa shape index (κ1) is 17.1. The van der Waals surface area contributed by atoms with Gasteiger partial charge in [-0.05, 0) is 37.4 Å². The molecule has 1 fully saturated rings. The second-order valence-corrected chi connectivity index (χ2v) is 7.17. The molecule has 2 aliphatic rings. The van der Waals surface area contributed by atoms with Crippen LogP contribution in [0, 0.1) is 18.3 Å². The van der Waals surface area contributed by atoms with Crippen molar-refractivity contribution in [1.29, 1.82) is 0 Å². The Kier molecular flexibility index (Phi) is 5.33. The fraction of sp³-hybridized carbons (Fsp3) is 0.600. The van der Waals surface area contributed by atoms with Crippen LogP contribution in [0.4, 0.5) is 0 Å². The summed E-state index contributed by atoms with van der Waals surface area (Å²) >= 11 is 0. The summed E-state index contributed by atoms with van der Waals surface area (Å²) in [6.45, 7) is 1.25. The van der Waals surface area contributed by atoms with Gasteiger partial charge >= 0.3 is 0 Å². The number of rotatable bonds is 4. The number of phenols is 2. The molecule has 0 spiro atoms. The number of likely N-dealkylation sites (N-methyl/N-ethyl adjacent to an activating group) is 1. The van der Waals surface area contributed by atoms with Crippen molar-refractivity contribution in [3.05, 3.63) is 23.3 Å². The van der Waals surface area contributed by atoms with E-state index in [0.717, 1.165) is 11.1 Å². The normalized spacial score (nSPS) is 24.5. The maximum Gasteiger partial charge on any atom is 0.161 e. The number of aromatic hydroxyl groups is 2. The minimum atomic E-state index is -0.120. The van der Waals surface area contributed by atoms with Crippen LogP contribution in [0.2, 0.25) is 0 Å². The van der Waals surface area contributed by atoms with Crippen molar-refractivity contribution in [2.24, 2.45) is 5.92 Å². The minimum Gasteiger partial charge on any atom is -0.504 e. The molecular weight excluding hydrogens is 302 g/mol. The van der Waals surface area contributed by atoms with E-state index in [0.29, 0.717) is 25.4 Å². The van der Waals surface area contributed by atoms with Crippen LogP contribution in [0.3, 0.4) is 0 Å². The van der Waals surface area contributed by atoms with Gasteiger partial charge in [-0.3, -0.25) is 4.90 Å². The standard InChI is InChI=1S/C20H27NO3/c1-3-11-21(2)13-19-15-9-10-17(22)20(23)16(15)12-18(24-19)14-7-5-4-6-8-14/h1,9-10,14,18-19,22-23H,4-8,11-13H2,2H3/t18-,19-/m0/s1. The van der Waals surface area contributed by atoms with E-state index in [4.69, 9.17) is 11.2 Å². The van der Waals surface area contributed by atoms with Gasteiger partial charge in [-0.1, -0.05) is 31.2 Å². The molecule has 130 valence electrons. The zero-order chi connectivity index (χ0) is 17.1. The van der Waals surface area contributed by atoms with Crippen molar-refractivity contribution in [3.63, 3.8) is 0 Å². The Morgan fingerprint density at radius 3 is 2.71 bits per heavy atom. The van der Waals surface area contributed by atoms with Gasteiger partial charge in [0.1, 0.15) is 0 Å². The van der Waals surface area contributed by atoms with Crippen molar-refractivity contribution in [1.82, 2.24) is 4.90 Å². The zero-order valence-corrected chi connectivity index (χ0v) is 14.4. The van der Waals surface area contributed by atoms with Crippen molar-refractivity contribution in [2.45, 2.75) is 50.7 Å². The van der Waals surface area contributed by atoms with E-state index in [1.807, 2.05) is 13.1 Å². The molecule has 0 saturated heterocycles. The third-order valence-corrected chi connectivity index (χ3v) is 5.40. The molecular formula is C20H27NO3. The number of phenolic OH excluding ortho intramolecular Hbond substituents is 2. The molecule has 1 heterocycles. The first-order chi connectivity index (χ1) is 11.6. The van der Waals surface area contributed by atoms with Crippen LogP contribution in [0.1, 0.15) is 49.3 Å².